The normalized spacial score (nSPS) is 9.05. The van der Waals surface area contributed by atoms with Gasteiger partial charge in [0, 0.05) is 33.3 Å². The van der Waals surface area contributed by atoms with Crippen molar-refractivity contribution in [2.75, 3.05) is 59.7 Å². The number of methoxy groups -OCH3 is 1. The summed E-state index contributed by atoms with van der Waals surface area (Å²) in [7, 11) is 1.54. The Morgan fingerprint density at radius 2 is 1.38 bits per heavy atom. The summed E-state index contributed by atoms with van der Waals surface area (Å²) in [6.45, 7) is 3.51. The van der Waals surface area contributed by atoms with Crippen LogP contribution < -0.4 is 22.9 Å². The Bertz CT molecular complexity index is 189. The molecule has 0 heterocycles. The number of rotatable bonds is 10. The first-order valence-electron chi connectivity index (χ1n) is 6.21. The highest BCUT2D eigenvalue weighted by atomic mass is 16.6. The monoisotopic (exact) mass is 312 g/mol. The van der Waals surface area contributed by atoms with Crippen LogP contribution in [0.2, 0.25) is 0 Å². The van der Waals surface area contributed by atoms with Crippen LogP contribution in [0, 0.1) is 5.92 Å². The summed E-state index contributed by atoms with van der Waals surface area (Å²) in [4.78, 5) is 11.0. The number of nitrogens with two attached hydrogens (primary N) is 4. The van der Waals surface area contributed by atoms with Crippen LogP contribution in [0.15, 0.2) is 0 Å². The van der Waals surface area contributed by atoms with Gasteiger partial charge in [-0.2, -0.15) is 0 Å². The van der Waals surface area contributed by atoms with Gasteiger partial charge < -0.3 is 37.1 Å². The third-order valence-electron chi connectivity index (χ3n) is 1.96. The third-order valence-corrected chi connectivity index (χ3v) is 1.96. The van der Waals surface area contributed by atoms with Crippen LogP contribution in [0.4, 0.5) is 0 Å². The van der Waals surface area contributed by atoms with E-state index in [-0.39, 0.29) is 46.4 Å². The van der Waals surface area contributed by atoms with E-state index in [4.69, 9.17) is 37.1 Å². The highest BCUT2D eigenvalue weighted by molar-refractivity contribution is 5.72. The van der Waals surface area contributed by atoms with Crippen molar-refractivity contribution >= 4 is 5.97 Å². The average molecular weight is 312 g/mol. The Hall–Kier alpha value is -0.770. The van der Waals surface area contributed by atoms with Crippen LogP contribution in [0.1, 0.15) is 14.9 Å². The van der Waals surface area contributed by atoms with Crippen LogP contribution in [0.25, 0.3) is 0 Å². The van der Waals surface area contributed by atoms with Crippen LogP contribution >= 0.6 is 0 Å². The number of esters is 1. The molecule has 8 N–H and O–H groups in total. The quantitative estimate of drug-likeness (QED) is 0.293. The van der Waals surface area contributed by atoms with E-state index < -0.39 is 0 Å². The minimum atomic E-state index is -0.387. The fourth-order valence-electron chi connectivity index (χ4n) is 0.901. The molecule has 0 saturated heterocycles. The number of hydrogen-bond donors (Lipinski definition) is 4. The predicted molar refractivity (Wildman–Crippen MR) is 86.8 cm³/mol. The van der Waals surface area contributed by atoms with Crippen LogP contribution in [0.3, 0.4) is 0 Å². The van der Waals surface area contributed by atoms with Crippen molar-refractivity contribution in [3.63, 3.8) is 0 Å². The van der Waals surface area contributed by atoms with E-state index >= 15 is 0 Å². The third kappa shape index (κ3) is 21.7. The molecule has 0 bridgehead atoms. The molecule has 0 radical (unpaired) electrons. The molecule has 0 spiro atoms. The Labute approximate surface area is 129 Å². The molecule has 0 aromatic heterocycles. The van der Waals surface area contributed by atoms with Gasteiger partial charge in [0.1, 0.15) is 6.61 Å². The average Bonchev–Trinajstić information content (AvgIpc) is 2.42. The number of carbonyl (C=O) groups is 1. The summed E-state index contributed by atoms with van der Waals surface area (Å²) < 4.78 is 14.4. The highest BCUT2D eigenvalue weighted by Gasteiger charge is 2.15. The Kier molecular flexibility index (Phi) is 32.8. The van der Waals surface area contributed by atoms with Gasteiger partial charge in [0.2, 0.25) is 0 Å². The lowest BCUT2D eigenvalue weighted by molar-refractivity contribution is -0.149. The zero-order valence-corrected chi connectivity index (χ0v) is 11.7. The molecule has 0 amide bonds. The zero-order valence-electron chi connectivity index (χ0n) is 11.7. The van der Waals surface area contributed by atoms with Crippen molar-refractivity contribution in [3.8, 4) is 0 Å². The number of ether oxygens (including phenoxy) is 3. The van der Waals surface area contributed by atoms with Gasteiger partial charge >= 0.3 is 5.97 Å². The molecule has 0 aliphatic heterocycles. The molecule has 0 fully saturated rings. The van der Waals surface area contributed by atoms with Crippen molar-refractivity contribution in [2.45, 2.75) is 14.9 Å². The molecule has 0 aliphatic carbocycles. The maximum atomic E-state index is 11.0. The topological polar surface area (TPSA) is 149 Å². The molecule has 8 nitrogen and oxygen atoms in total. The largest absolute Gasteiger partial charge is 0.463 e. The fourth-order valence-corrected chi connectivity index (χ4v) is 0.901. The lowest BCUT2D eigenvalue weighted by atomic mass is 10.1. The van der Waals surface area contributed by atoms with Gasteiger partial charge in [-0.05, 0) is 0 Å². The van der Waals surface area contributed by atoms with Crippen molar-refractivity contribution in [3.05, 3.63) is 0 Å². The lowest BCUT2D eigenvalue weighted by Gasteiger charge is -2.10. The van der Waals surface area contributed by atoms with Gasteiger partial charge in [0.05, 0.1) is 25.7 Å². The summed E-state index contributed by atoms with van der Waals surface area (Å²) in [5.74, 6) is -0.737. The SMILES string of the molecule is C.C.COCCOC(=O)C(CN)CN.NCCOCCN. The molecular weight excluding hydrogens is 276 g/mol. The lowest BCUT2D eigenvalue weighted by Crippen LogP contribution is -2.32. The Morgan fingerprint density at radius 3 is 1.71 bits per heavy atom. The standard InChI is InChI=1S/C7H16N2O3.C4H12N2O.2CH4/c1-11-2-3-12-7(10)6(4-8)5-9;5-1-3-7-4-2-6;;/h6H,2-5,8-9H2,1H3;1-6H2;2*1H4. The van der Waals surface area contributed by atoms with Crippen LogP contribution in [-0.2, 0) is 19.0 Å². The van der Waals surface area contributed by atoms with Gasteiger partial charge in [0.15, 0.2) is 0 Å². The molecule has 0 aromatic rings. The van der Waals surface area contributed by atoms with Gasteiger partial charge in [-0.15, -0.1) is 0 Å². The highest BCUT2D eigenvalue weighted by Crippen LogP contribution is 1.94. The van der Waals surface area contributed by atoms with E-state index in [9.17, 15) is 4.79 Å². The molecule has 0 atom stereocenters. The summed E-state index contributed by atoms with van der Waals surface area (Å²) in [5, 5.41) is 0. The molecule has 8 heteroatoms. The second-order valence-corrected chi connectivity index (χ2v) is 3.52. The fraction of sp³-hybridized carbons (Fsp3) is 0.923. The summed E-state index contributed by atoms with van der Waals surface area (Å²) in [6, 6.07) is 0. The maximum Gasteiger partial charge on any atom is 0.311 e. The second-order valence-electron chi connectivity index (χ2n) is 3.52. The van der Waals surface area contributed by atoms with Crippen molar-refractivity contribution in [1.82, 2.24) is 0 Å². The zero-order chi connectivity index (χ0) is 14.9. The first-order chi connectivity index (χ1) is 9.17. The number of carbonyl (C=O) groups excluding carboxylic acids is 1. The molecular formula is C13H36N4O4. The van der Waals surface area contributed by atoms with E-state index in [1.165, 1.54) is 7.11 Å². The van der Waals surface area contributed by atoms with Crippen molar-refractivity contribution in [2.24, 2.45) is 28.9 Å². The van der Waals surface area contributed by atoms with Crippen molar-refractivity contribution in [1.29, 1.82) is 0 Å². The van der Waals surface area contributed by atoms with E-state index in [1.54, 1.807) is 0 Å². The van der Waals surface area contributed by atoms with Gasteiger partial charge in [-0.1, -0.05) is 14.9 Å². The van der Waals surface area contributed by atoms with E-state index in [0.717, 1.165) is 0 Å². The van der Waals surface area contributed by atoms with Gasteiger partial charge in [0.25, 0.3) is 0 Å². The maximum absolute atomic E-state index is 11.0. The van der Waals surface area contributed by atoms with Crippen LogP contribution in [-0.4, -0.2) is 65.7 Å². The first-order valence-corrected chi connectivity index (χ1v) is 6.21. The minimum absolute atomic E-state index is 0. The van der Waals surface area contributed by atoms with Crippen LogP contribution in [0.5, 0.6) is 0 Å². The molecule has 0 unspecified atom stereocenters. The molecule has 21 heavy (non-hydrogen) atoms. The van der Waals surface area contributed by atoms with Crippen molar-refractivity contribution < 1.29 is 19.0 Å². The Morgan fingerprint density at radius 1 is 0.905 bits per heavy atom. The van der Waals surface area contributed by atoms with Gasteiger partial charge in [-0.25, -0.2) is 0 Å². The first kappa shape index (κ1) is 28.4. The summed E-state index contributed by atoms with van der Waals surface area (Å²) in [5.41, 5.74) is 20.8. The predicted octanol–water partition coefficient (Wildman–Crippen LogP) is -1.10. The minimum Gasteiger partial charge on any atom is -0.463 e. The van der Waals surface area contributed by atoms with E-state index in [0.29, 0.717) is 32.9 Å². The van der Waals surface area contributed by atoms with E-state index in [1.807, 2.05) is 0 Å². The molecule has 0 rings (SSSR count). The Balaban J connectivity index is -0.000000140. The molecule has 0 aliphatic rings. The smallest absolute Gasteiger partial charge is 0.311 e. The molecule has 0 saturated carbocycles. The summed E-state index contributed by atoms with van der Waals surface area (Å²) in [6.07, 6.45) is 0. The number of hydrogen-bond acceptors (Lipinski definition) is 8. The van der Waals surface area contributed by atoms with E-state index in [2.05, 4.69) is 0 Å². The second kappa shape index (κ2) is 24.3. The molecule has 132 valence electrons. The van der Waals surface area contributed by atoms with Gasteiger partial charge in [-0.3, -0.25) is 4.79 Å². The molecule has 0 aromatic carbocycles. The summed E-state index contributed by atoms with van der Waals surface area (Å²) >= 11 is 0.